The van der Waals surface area contributed by atoms with E-state index in [1.807, 2.05) is 6.20 Å². The number of rotatable bonds is 6. The van der Waals surface area contributed by atoms with E-state index in [4.69, 9.17) is 0 Å². The normalized spacial score (nSPS) is 11.2. The standard InChI is InChI=1S/C17H25N3/c1-5-9-20-10-8-18-17(20)16-11-14(4)6-7-15(16)12-19-13(2)3/h6-8,10-11,13,19H,5,9,12H2,1-4H3. The molecule has 0 aliphatic heterocycles. The Morgan fingerprint density at radius 2 is 2.10 bits per heavy atom. The number of hydrogen-bond acceptors (Lipinski definition) is 2. The number of nitrogens with zero attached hydrogens (tertiary/aromatic N) is 2. The van der Waals surface area contributed by atoms with Crippen molar-refractivity contribution in [3.8, 4) is 11.4 Å². The summed E-state index contributed by atoms with van der Waals surface area (Å²) >= 11 is 0. The first-order chi connectivity index (χ1) is 9.61. The first-order valence-electron chi connectivity index (χ1n) is 7.46. The zero-order chi connectivity index (χ0) is 14.5. The highest BCUT2D eigenvalue weighted by Gasteiger charge is 2.11. The summed E-state index contributed by atoms with van der Waals surface area (Å²) in [4.78, 5) is 4.57. The average Bonchev–Trinajstić information content (AvgIpc) is 2.85. The molecule has 0 unspecified atom stereocenters. The number of nitrogens with one attached hydrogen (secondary N) is 1. The Balaban J connectivity index is 2.37. The van der Waals surface area contributed by atoms with Gasteiger partial charge in [0.25, 0.3) is 0 Å². The fraction of sp³-hybridized carbons (Fsp3) is 0.471. The third-order valence-corrected chi connectivity index (χ3v) is 3.39. The van der Waals surface area contributed by atoms with E-state index in [1.165, 1.54) is 16.7 Å². The molecule has 20 heavy (non-hydrogen) atoms. The Hall–Kier alpha value is -1.61. The maximum Gasteiger partial charge on any atom is 0.140 e. The van der Waals surface area contributed by atoms with Gasteiger partial charge in [0.2, 0.25) is 0 Å². The predicted octanol–water partition coefficient (Wildman–Crippen LogP) is 3.77. The number of aryl methyl sites for hydroxylation is 2. The van der Waals surface area contributed by atoms with Gasteiger partial charge in [-0.05, 0) is 25.0 Å². The molecule has 1 aromatic heterocycles. The molecule has 0 saturated carbocycles. The van der Waals surface area contributed by atoms with Gasteiger partial charge in [0.1, 0.15) is 5.82 Å². The van der Waals surface area contributed by atoms with Crippen LogP contribution in [0.25, 0.3) is 11.4 Å². The number of imidazole rings is 1. The van der Waals surface area contributed by atoms with E-state index in [9.17, 15) is 0 Å². The molecule has 0 aliphatic rings. The fourth-order valence-corrected chi connectivity index (χ4v) is 2.34. The molecule has 1 aromatic carbocycles. The lowest BCUT2D eigenvalue weighted by molar-refractivity contribution is 0.588. The maximum absolute atomic E-state index is 4.57. The third-order valence-electron chi connectivity index (χ3n) is 3.39. The summed E-state index contributed by atoms with van der Waals surface area (Å²) in [6.07, 6.45) is 5.09. The molecule has 0 fully saturated rings. The van der Waals surface area contributed by atoms with Crippen LogP contribution in [0, 0.1) is 6.92 Å². The molecule has 2 aromatic rings. The summed E-state index contributed by atoms with van der Waals surface area (Å²) in [6.45, 7) is 10.6. The van der Waals surface area contributed by atoms with Crippen LogP contribution in [0.3, 0.4) is 0 Å². The van der Waals surface area contributed by atoms with Gasteiger partial charge in [0, 0.05) is 37.1 Å². The zero-order valence-electron chi connectivity index (χ0n) is 13.0. The Labute approximate surface area is 122 Å². The van der Waals surface area contributed by atoms with E-state index in [1.54, 1.807) is 0 Å². The Bertz CT molecular complexity index is 555. The summed E-state index contributed by atoms with van der Waals surface area (Å²) in [5.74, 6) is 1.08. The molecule has 0 aliphatic carbocycles. The predicted molar refractivity (Wildman–Crippen MR) is 84.7 cm³/mol. The third kappa shape index (κ3) is 3.48. The lowest BCUT2D eigenvalue weighted by Gasteiger charge is -2.14. The van der Waals surface area contributed by atoms with Crippen LogP contribution in [-0.4, -0.2) is 15.6 Å². The molecule has 1 heterocycles. The van der Waals surface area contributed by atoms with Gasteiger partial charge in [-0.3, -0.25) is 0 Å². The molecule has 3 nitrogen and oxygen atoms in total. The van der Waals surface area contributed by atoms with Crippen molar-refractivity contribution in [3.63, 3.8) is 0 Å². The molecule has 0 spiro atoms. The molecule has 108 valence electrons. The molecule has 1 N–H and O–H groups in total. The molecule has 0 radical (unpaired) electrons. The van der Waals surface area contributed by atoms with Gasteiger partial charge < -0.3 is 9.88 Å². The average molecular weight is 271 g/mol. The zero-order valence-corrected chi connectivity index (χ0v) is 13.0. The maximum atomic E-state index is 4.57. The Morgan fingerprint density at radius 3 is 2.80 bits per heavy atom. The van der Waals surface area contributed by atoms with Crippen LogP contribution in [0.15, 0.2) is 30.6 Å². The van der Waals surface area contributed by atoms with E-state index in [0.717, 1.165) is 25.3 Å². The molecular weight excluding hydrogens is 246 g/mol. The molecule has 0 amide bonds. The summed E-state index contributed by atoms with van der Waals surface area (Å²) < 4.78 is 2.24. The number of aromatic nitrogens is 2. The van der Waals surface area contributed by atoms with Gasteiger partial charge in [0.05, 0.1) is 0 Å². The van der Waals surface area contributed by atoms with Crippen molar-refractivity contribution >= 4 is 0 Å². The van der Waals surface area contributed by atoms with Gasteiger partial charge in [-0.25, -0.2) is 4.98 Å². The second-order valence-corrected chi connectivity index (χ2v) is 5.64. The first-order valence-corrected chi connectivity index (χ1v) is 7.46. The first kappa shape index (κ1) is 14.8. The topological polar surface area (TPSA) is 29.9 Å². The molecule has 0 atom stereocenters. The number of benzene rings is 1. The minimum atomic E-state index is 0.486. The van der Waals surface area contributed by atoms with Crippen LogP contribution >= 0.6 is 0 Å². The SMILES string of the molecule is CCCn1ccnc1-c1cc(C)ccc1CNC(C)C. The van der Waals surface area contributed by atoms with Crippen molar-refractivity contribution in [2.45, 2.75) is 53.2 Å². The van der Waals surface area contributed by atoms with Crippen LogP contribution in [0.1, 0.15) is 38.3 Å². The van der Waals surface area contributed by atoms with Gasteiger partial charge in [-0.1, -0.05) is 38.5 Å². The minimum absolute atomic E-state index is 0.486. The van der Waals surface area contributed by atoms with Crippen LogP contribution < -0.4 is 5.32 Å². The smallest absolute Gasteiger partial charge is 0.140 e. The highest BCUT2D eigenvalue weighted by Crippen LogP contribution is 2.24. The highest BCUT2D eigenvalue weighted by atomic mass is 15.1. The minimum Gasteiger partial charge on any atom is -0.331 e. The van der Waals surface area contributed by atoms with Crippen molar-refractivity contribution in [3.05, 3.63) is 41.7 Å². The monoisotopic (exact) mass is 271 g/mol. The van der Waals surface area contributed by atoms with Crippen LogP contribution in [-0.2, 0) is 13.1 Å². The quantitative estimate of drug-likeness (QED) is 0.867. The molecular formula is C17H25N3. The summed E-state index contributed by atoms with van der Waals surface area (Å²) in [7, 11) is 0. The van der Waals surface area contributed by atoms with Gasteiger partial charge in [0.15, 0.2) is 0 Å². The van der Waals surface area contributed by atoms with Gasteiger partial charge in [-0.2, -0.15) is 0 Å². The summed E-state index contributed by atoms with van der Waals surface area (Å²) in [5.41, 5.74) is 3.84. The number of hydrogen-bond donors (Lipinski definition) is 1. The fourth-order valence-electron chi connectivity index (χ4n) is 2.34. The Morgan fingerprint density at radius 1 is 1.30 bits per heavy atom. The molecule has 0 bridgehead atoms. The van der Waals surface area contributed by atoms with Crippen molar-refractivity contribution < 1.29 is 0 Å². The Kier molecular flexibility index (Phi) is 4.96. The van der Waals surface area contributed by atoms with Crippen LogP contribution in [0.4, 0.5) is 0 Å². The van der Waals surface area contributed by atoms with E-state index < -0.39 is 0 Å². The van der Waals surface area contributed by atoms with E-state index in [2.05, 4.69) is 67.0 Å². The molecule has 3 heteroatoms. The van der Waals surface area contributed by atoms with Crippen molar-refractivity contribution in [1.29, 1.82) is 0 Å². The second kappa shape index (κ2) is 6.71. The lowest BCUT2D eigenvalue weighted by atomic mass is 10.0. The van der Waals surface area contributed by atoms with E-state index >= 15 is 0 Å². The van der Waals surface area contributed by atoms with E-state index in [0.29, 0.717) is 6.04 Å². The van der Waals surface area contributed by atoms with Gasteiger partial charge >= 0.3 is 0 Å². The molecule has 2 rings (SSSR count). The summed E-state index contributed by atoms with van der Waals surface area (Å²) in [5, 5.41) is 3.50. The van der Waals surface area contributed by atoms with Gasteiger partial charge in [-0.15, -0.1) is 0 Å². The van der Waals surface area contributed by atoms with Crippen molar-refractivity contribution in [2.24, 2.45) is 0 Å². The summed E-state index contributed by atoms with van der Waals surface area (Å²) in [6, 6.07) is 7.12. The van der Waals surface area contributed by atoms with E-state index in [-0.39, 0.29) is 0 Å². The largest absolute Gasteiger partial charge is 0.331 e. The van der Waals surface area contributed by atoms with Crippen LogP contribution in [0.2, 0.25) is 0 Å². The van der Waals surface area contributed by atoms with Crippen LogP contribution in [0.5, 0.6) is 0 Å². The highest BCUT2D eigenvalue weighted by molar-refractivity contribution is 5.62. The van der Waals surface area contributed by atoms with Crippen molar-refractivity contribution in [2.75, 3.05) is 0 Å². The second-order valence-electron chi connectivity index (χ2n) is 5.64. The lowest BCUT2D eigenvalue weighted by Crippen LogP contribution is -2.22. The molecule has 0 saturated heterocycles. The van der Waals surface area contributed by atoms with Crippen molar-refractivity contribution in [1.82, 2.24) is 14.9 Å².